The van der Waals surface area contributed by atoms with Gasteiger partial charge in [-0.3, -0.25) is 4.79 Å². The molecular formula is C17H16N2O2S2. The molecule has 118 valence electrons. The van der Waals surface area contributed by atoms with Gasteiger partial charge in [-0.15, -0.1) is 22.7 Å². The lowest BCUT2D eigenvalue weighted by Gasteiger charge is -2.08. The first kappa shape index (κ1) is 15.7. The molecule has 23 heavy (non-hydrogen) atoms. The van der Waals surface area contributed by atoms with E-state index in [2.05, 4.69) is 10.3 Å². The van der Waals surface area contributed by atoms with Crippen molar-refractivity contribution in [1.29, 1.82) is 0 Å². The molecule has 0 saturated carbocycles. The molecule has 4 nitrogen and oxygen atoms in total. The van der Waals surface area contributed by atoms with Gasteiger partial charge < -0.3 is 10.1 Å². The number of nitrogens with zero attached hydrogens (tertiary/aromatic N) is 1. The maximum Gasteiger partial charge on any atom is 0.270 e. The van der Waals surface area contributed by atoms with E-state index in [4.69, 9.17) is 4.74 Å². The number of aromatic nitrogens is 1. The van der Waals surface area contributed by atoms with E-state index in [0.29, 0.717) is 12.2 Å². The molecule has 0 atom stereocenters. The number of ether oxygens (including phenoxy) is 1. The second-order valence-corrected chi connectivity index (χ2v) is 6.64. The highest BCUT2D eigenvalue weighted by Gasteiger charge is 2.12. The molecule has 0 bridgehead atoms. The number of thiophene rings is 1. The third-order valence-corrected chi connectivity index (χ3v) is 5.22. The Labute approximate surface area is 142 Å². The Morgan fingerprint density at radius 1 is 1.22 bits per heavy atom. The zero-order chi connectivity index (χ0) is 16.1. The molecule has 0 fully saturated rings. The molecule has 1 aromatic carbocycles. The number of hydrogen-bond acceptors (Lipinski definition) is 5. The van der Waals surface area contributed by atoms with Crippen LogP contribution >= 0.6 is 22.7 Å². The van der Waals surface area contributed by atoms with Crippen LogP contribution in [0.4, 0.5) is 0 Å². The van der Waals surface area contributed by atoms with E-state index >= 15 is 0 Å². The molecule has 6 heteroatoms. The lowest BCUT2D eigenvalue weighted by molar-refractivity contribution is 0.0950. The summed E-state index contributed by atoms with van der Waals surface area (Å²) in [5.41, 5.74) is 1.55. The summed E-state index contributed by atoms with van der Waals surface area (Å²) in [5, 5.41) is 7.60. The Morgan fingerprint density at radius 3 is 2.87 bits per heavy atom. The summed E-state index contributed by atoms with van der Waals surface area (Å²) >= 11 is 3.11. The number of benzene rings is 1. The molecule has 0 radical (unpaired) electrons. The first-order valence-corrected chi connectivity index (χ1v) is 8.93. The van der Waals surface area contributed by atoms with Crippen LogP contribution in [-0.2, 0) is 6.42 Å². The van der Waals surface area contributed by atoms with Crippen molar-refractivity contribution in [2.75, 3.05) is 13.7 Å². The Balaban J connectivity index is 1.57. The fourth-order valence-electron chi connectivity index (χ4n) is 2.20. The zero-order valence-electron chi connectivity index (χ0n) is 12.6. The Bertz CT molecular complexity index is 782. The number of hydrogen-bond donors (Lipinski definition) is 1. The second-order valence-electron chi connectivity index (χ2n) is 4.83. The van der Waals surface area contributed by atoms with Crippen LogP contribution in [0.2, 0.25) is 0 Å². The Kier molecular flexibility index (Phi) is 5.05. The summed E-state index contributed by atoms with van der Waals surface area (Å²) in [4.78, 5) is 17.7. The summed E-state index contributed by atoms with van der Waals surface area (Å²) in [7, 11) is 1.65. The smallest absolute Gasteiger partial charge is 0.270 e. The van der Waals surface area contributed by atoms with Gasteiger partial charge in [-0.2, -0.15) is 0 Å². The number of thiazole rings is 1. The lowest BCUT2D eigenvalue weighted by Crippen LogP contribution is -2.26. The molecule has 0 saturated heterocycles. The summed E-state index contributed by atoms with van der Waals surface area (Å²) in [6.45, 7) is 0.547. The Hall–Kier alpha value is -2.18. The standard InChI is InChI=1S/C17H16N2O2S2/c1-21-14-6-3-2-5-12(14)8-9-18-16(20)13-11-23-17(19-13)15-7-4-10-22-15/h2-7,10-11H,8-9H2,1H3,(H,18,20). The third kappa shape index (κ3) is 3.78. The van der Waals surface area contributed by atoms with Crippen molar-refractivity contribution < 1.29 is 9.53 Å². The van der Waals surface area contributed by atoms with Crippen LogP contribution in [0.1, 0.15) is 16.1 Å². The van der Waals surface area contributed by atoms with E-state index in [1.54, 1.807) is 23.8 Å². The topological polar surface area (TPSA) is 51.2 Å². The van der Waals surface area contributed by atoms with Crippen LogP contribution in [0, 0.1) is 0 Å². The number of nitrogens with one attached hydrogen (secondary N) is 1. The van der Waals surface area contributed by atoms with Crippen LogP contribution in [-0.4, -0.2) is 24.5 Å². The fraction of sp³-hybridized carbons (Fsp3) is 0.176. The quantitative estimate of drug-likeness (QED) is 0.739. The van der Waals surface area contributed by atoms with E-state index in [1.807, 2.05) is 41.8 Å². The van der Waals surface area contributed by atoms with E-state index in [1.165, 1.54) is 11.3 Å². The van der Waals surface area contributed by atoms with E-state index in [0.717, 1.165) is 27.6 Å². The van der Waals surface area contributed by atoms with Crippen molar-refractivity contribution in [1.82, 2.24) is 10.3 Å². The molecule has 3 rings (SSSR count). The second kappa shape index (κ2) is 7.39. The lowest BCUT2D eigenvalue weighted by atomic mass is 10.1. The molecule has 0 aliphatic rings. The number of carbonyl (C=O) groups is 1. The van der Waals surface area contributed by atoms with Crippen molar-refractivity contribution in [2.45, 2.75) is 6.42 Å². The van der Waals surface area contributed by atoms with E-state index < -0.39 is 0 Å². The fourth-order valence-corrected chi connectivity index (χ4v) is 3.82. The van der Waals surface area contributed by atoms with Gasteiger partial charge in [-0.1, -0.05) is 24.3 Å². The predicted molar refractivity (Wildman–Crippen MR) is 94.5 cm³/mol. The highest BCUT2D eigenvalue weighted by Crippen LogP contribution is 2.27. The van der Waals surface area contributed by atoms with Crippen LogP contribution < -0.4 is 10.1 Å². The van der Waals surface area contributed by atoms with Gasteiger partial charge >= 0.3 is 0 Å². The normalized spacial score (nSPS) is 10.5. The maximum absolute atomic E-state index is 12.2. The molecule has 1 amide bonds. The SMILES string of the molecule is COc1ccccc1CCNC(=O)c1csc(-c2cccs2)n1. The number of para-hydroxylation sites is 1. The minimum Gasteiger partial charge on any atom is -0.496 e. The van der Waals surface area contributed by atoms with Crippen molar-refractivity contribution >= 4 is 28.6 Å². The highest BCUT2D eigenvalue weighted by molar-refractivity contribution is 7.20. The van der Waals surface area contributed by atoms with Gasteiger partial charge in [-0.25, -0.2) is 4.98 Å². The molecule has 0 aliphatic heterocycles. The van der Waals surface area contributed by atoms with Crippen LogP contribution in [0.15, 0.2) is 47.2 Å². The molecule has 0 aliphatic carbocycles. The van der Waals surface area contributed by atoms with Crippen LogP contribution in [0.5, 0.6) is 5.75 Å². The molecule has 0 spiro atoms. The maximum atomic E-state index is 12.2. The van der Waals surface area contributed by atoms with Gasteiger partial charge in [-0.05, 0) is 29.5 Å². The predicted octanol–water partition coefficient (Wildman–Crippen LogP) is 3.85. The number of carbonyl (C=O) groups excluding carboxylic acids is 1. The molecule has 0 unspecified atom stereocenters. The summed E-state index contributed by atoms with van der Waals surface area (Å²) in [5.74, 6) is 0.703. The molecule has 1 N–H and O–H groups in total. The summed E-state index contributed by atoms with van der Waals surface area (Å²) in [6.07, 6.45) is 0.720. The zero-order valence-corrected chi connectivity index (χ0v) is 14.2. The first-order chi connectivity index (χ1) is 11.3. The van der Waals surface area contributed by atoms with Gasteiger partial charge in [0.1, 0.15) is 16.5 Å². The number of methoxy groups -OCH3 is 1. The molecule has 2 heterocycles. The van der Waals surface area contributed by atoms with Crippen molar-refractivity contribution in [3.05, 3.63) is 58.4 Å². The monoisotopic (exact) mass is 344 g/mol. The molecular weight excluding hydrogens is 328 g/mol. The van der Waals surface area contributed by atoms with Gasteiger partial charge in [0, 0.05) is 11.9 Å². The van der Waals surface area contributed by atoms with Crippen LogP contribution in [0.3, 0.4) is 0 Å². The van der Waals surface area contributed by atoms with Crippen molar-refractivity contribution in [2.24, 2.45) is 0 Å². The first-order valence-electron chi connectivity index (χ1n) is 7.17. The highest BCUT2D eigenvalue weighted by atomic mass is 32.1. The van der Waals surface area contributed by atoms with Gasteiger partial charge in [0.25, 0.3) is 5.91 Å². The summed E-state index contributed by atoms with van der Waals surface area (Å²) in [6, 6.07) is 11.8. The van der Waals surface area contributed by atoms with Crippen molar-refractivity contribution in [3.63, 3.8) is 0 Å². The number of amides is 1. The van der Waals surface area contributed by atoms with Gasteiger partial charge in [0.05, 0.1) is 12.0 Å². The van der Waals surface area contributed by atoms with E-state index in [-0.39, 0.29) is 5.91 Å². The largest absolute Gasteiger partial charge is 0.496 e. The molecule has 2 aromatic heterocycles. The third-order valence-electron chi connectivity index (χ3n) is 3.34. The average Bonchev–Trinajstić information content (AvgIpc) is 3.26. The summed E-state index contributed by atoms with van der Waals surface area (Å²) < 4.78 is 5.31. The Morgan fingerprint density at radius 2 is 2.09 bits per heavy atom. The van der Waals surface area contributed by atoms with Gasteiger partial charge in [0.2, 0.25) is 0 Å². The van der Waals surface area contributed by atoms with Crippen molar-refractivity contribution in [3.8, 4) is 15.6 Å². The average molecular weight is 344 g/mol. The molecule has 3 aromatic rings. The van der Waals surface area contributed by atoms with Gasteiger partial charge in [0.15, 0.2) is 0 Å². The van der Waals surface area contributed by atoms with Crippen LogP contribution in [0.25, 0.3) is 9.88 Å². The number of rotatable bonds is 6. The minimum absolute atomic E-state index is 0.140. The van der Waals surface area contributed by atoms with E-state index in [9.17, 15) is 4.79 Å². The minimum atomic E-state index is -0.140.